The lowest BCUT2D eigenvalue weighted by Crippen LogP contribution is -2.14. The van der Waals surface area contributed by atoms with Crippen LogP contribution >= 0.6 is 0 Å². The largest absolute Gasteiger partial charge is 0.419 e. The van der Waals surface area contributed by atoms with E-state index in [0.717, 1.165) is 0 Å². The molecule has 0 amide bonds. The molecule has 0 aliphatic heterocycles. The fraction of sp³-hybridized carbons (Fsp3) is 0. The summed E-state index contributed by atoms with van der Waals surface area (Å²) >= 11 is 0. The summed E-state index contributed by atoms with van der Waals surface area (Å²) in [6.45, 7) is 0. The van der Waals surface area contributed by atoms with E-state index in [1.807, 2.05) is 0 Å². The minimum absolute atomic E-state index is 0.0116. The van der Waals surface area contributed by atoms with Gasteiger partial charge in [0.05, 0.1) is 16.8 Å². The third kappa shape index (κ3) is 1.28. The summed E-state index contributed by atoms with van der Waals surface area (Å²) < 4.78 is 4.93. The standard InChI is InChI=1S/C9H12N6O3/c10-2-1-3(11)5(13)9(16)17-7(1)6(14)8(18-15)4(2)12/h10-15H2. The first-order chi connectivity index (χ1) is 8.40. The maximum Gasteiger partial charge on any atom is 0.361 e. The van der Waals surface area contributed by atoms with Gasteiger partial charge in [0.1, 0.15) is 17.1 Å². The van der Waals surface area contributed by atoms with Crippen LogP contribution in [0, 0.1) is 0 Å². The lowest BCUT2D eigenvalue weighted by molar-refractivity contribution is 0.338. The molecule has 9 heteroatoms. The predicted molar refractivity (Wildman–Crippen MR) is 69.4 cm³/mol. The molecular formula is C9H12N6O3. The second kappa shape index (κ2) is 3.60. The lowest BCUT2D eigenvalue weighted by Gasteiger charge is -2.14. The van der Waals surface area contributed by atoms with E-state index in [-0.39, 0.29) is 45.2 Å². The molecule has 0 fully saturated rings. The van der Waals surface area contributed by atoms with Gasteiger partial charge in [0.15, 0.2) is 11.3 Å². The highest BCUT2D eigenvalue weighted by molar-refractivity contribution is 6.12. The highest BCUT2D eigenvalue weighted by atomic mass is 16.6. The zero-order valence-electron chi connectivity index (χ0n) is 9.19. The first kappa shape index (κ1) is 11.7. The molecular weight excluding hydrogens is 240 g/mol. The van der Waals surface area contributed by atoms with Gasteiger partial charge in [-0.05, 0) is 0 Å². The van der Waals surface area contributed by atoms with Crippen molar-refractivity contribution in [2.45, 2.75) is 0 Å². The second-order valence-corrected chi connectivity index (χ2v) is 3.61. The van der Waals surface area contributed by atoms with Gasteiger partial charge in [-0.2, -0.15) is 5.90 Å². The van der Waals surface area contributed by atoms with Crippen molar-refractivity contribution in [3.8, 4) is 5.75 Å². The Bertz CT molecular complexity index is 708. The topological polar surface area (TPSA) is 196 Å². The van der Waals surface area contributed by atoms with E-state index in [2.05, 4.69) is 4.84 Å². The van der Waals surface area contributed by atoms with Crippen LogP contribution in [-0.2, 0) is 0 Å². The number of benzene rings is 1. The summed E-state index contributed by atoms with van der Waals surface area (Å²) in [5.41, 5.74) is 27.0. The fourth-order valence-corrected chi connectivity index (χ4v) is 1.65. The molecule has 0 spiro atoms. The minimum Gasteiger partial charge on any atom is -0.419 e. The summed E-state index contributed by atoms with van der Waals surface area (Å²) in [6, 6.07) is 0. The normalized spacial score (nSPS) is 10.7. The molecule has 18 heavy (non-hydrogen) atoms. The Labute approximate surface area is 100 Å². The minimum atomic E-state index is -0.834. The number of anilines is 5. The van der Waals surface area contributed by atoms with Gasteiger partial charge in [-0.15, -0.1) is 0 Å². The monoisotopic (exact) mass is 252 g/mol. The van der Waals surface area contributed by atoms with Crippen molar-refractivity contribution < 1.29 is 9.25 Å². The Balaban J connectivity index is 3.13. The molecule has 0 aliphatic carbocycles. The van der Waals surface area contributed by atoms with Crippen molar-refractivity contribution in [2.75, 3.05) is 28.7 Å². The molecule has 1 heterocycles. The number of nitrogens with two attached hydrogens (primary N) is 6. The van der Waals surface area contributed by atoms with Crippen molar-refractivity contribution in [1.29, 1.82) is 0 Å². The number of fused-ring (bicyclic) bond motifs is 1. The van der Waals surface area contributed by atoms with Crippen LogP contribution in [-0.4, -0.2) is 0 Å². The molecule has 0 saturated heterocycles. The summed E-state index contributed by atoms with van der Waals surface area (Å²) in [7, 11) is 0. The number of hydrogen-bond donors (Lipinski definition) is 6. The third-order valence-electron chi connectivity index (χ3n) is 2.61. The van der Waals surface area contributed by atoms with E-state index in [1.165, 1.54) is 0 Å². The molecule has 0 atom stereocenters. The molecule has 0 saturated carbocycles. The smallest absolute Gasteiger partial charge is 0.361 e. The van der Waals surface area contributed by atoms with Crippen LogP contribution in [0.3, 0.4) is 0 Å². The summed E-state index contributed by atoms with van der Waals surface area (Å²) in [4.78, 5) is 15.9. The van der Waals surface area contributed by atoms with Crippen LogP contribution in [0.1, 0.15) is 0 Å². The summed E-state index contributed by atoms with van der Waals surface area (Å²) in [5.74, 6) is 4.94. The van der Waals surface area contributed by atoms with Gasteiger partial charge >= 0.3 is 5.63 Å². The molecule has 12 N–H and O–H groups in total. The van der Waals surface area contributed by atoms with Crippen molar-refractivity contribution in [3.63, 3.8) is 0 Å². The van der Waals surface area contributed by atoms with Crippen molar-refractivity contribution >= 4 is 39.4 Å². The Morgan fingerprint density at radius 2 is 1.39 bits per heavy atom. The van der Waals surface area contributed by atoms with Gasteiger partial charge in [-0.25, -0.2) is 4.79 Å². The molecule has 0 unspecified atom stereocenters. The average Bonchev–Trinajstić information content (AvgIpc) is 2.34. The van der Waals surface area contributed by atoms with Crippen LogP contribution in [0.25, 0.3) is 11.0 Å². The SMILES string of the molecule is NOc1c(N)c(N)c2c(N)c(N)c(=O)oc2c1N. The maximum atomic E-state index is 11.4. The van der Waals surface area contributed by atoms with E-state index in [4.69, 9.17) is 39.0 Å². The van der Waals surface area contributed by atoms with E-state index >= 15 is 0 Å². The molecule has 9 nitrogen and oxygen atoms in total. The quantitative estimate of drug-likeness (QED) is 0.208. The molecule has 96 valence electrons. The first-order valence-corrected chi connectivity index (χ1v) is 4.75. The van der Waals surface area contributed by atoms with E-state index in [9.17, 15) is 4.79 Å². The summed E-state index contributed by atoms with van der Waals surface area (Å²) in [5, 5.41) is 0.155. The van der Waals surface area contributed by atoms with Crippen LogP contribution in [0.4, 0.5) is 28.4 Å². The van der Waals surface area contributed by atoms with Gasteiger partial charge in [-0.1, -0.05) is 0 Å². The van der Waals surface area contributed by atoms with E-state index < -0.39 is 5.63 Å². The molecule has 0 aliphatic rings. The van der Waals surface area contributed by atoms with Gasteiger partial charge in [0.25, 0.3) is 0 Å². The third-order valence-corrected chi connectivity index (χ3v) is 2.61. The molecule has 2 aromatic rings. The van der Waals surface area contributed by atoms with Crippen LogP contribution in [0.5, 0.6) is 5.75 Å². The molecule has 0 radical (unpaired) electrons. The zero-order chi connectivity index (χ0) is 13.6. The number of hydrogen-bond acceptors (Lipinski definition) is 9. The molecule has 2 rings (SSSR count). The average molecular weight is 252 g/mol. The highest BCUT2D eigenvalue weighted by Crippen LogP contribution is 2.43. The Kier molecular flexibility index (Phi) is 2.33. The van der Waals surface area contributed by atoms with E-state index in [0.29, 0.717) is 0 Å². The van der Waals surface area contributed by atoms with Gasteiger partial charge in [-0.3, -0.25) is 0 Å². The predicted octanol–water partition coefficient (Wildman–Crippen LogP) is -1.04. The first-order valence-electron chi connectivity index (χ1n) is 4.75. The molecule has 1 aromatic carbocycles. The van der Waals surface area contributed by atoms with Crippen LogP contribution < -0.4 is 45.0 Å². The van der Waals surface area contributed by atoms with Crippen molar-refractivity contribution in [1.82, 2.24) is 0 Å². The van der Waals surface area contributed by atoms with Crippen molar-refractivity contribution in [2.24, 2.45) is 5.90 Å². The maximum absolute atomic E-state index is 11.4. The molecule has 0 bridgehead atoms. The van der Waals surface area contributed by atoms with Crippen LogP contribution in [0.2, 0.25) is 0 Å². The van der Waals surface area contributed by atoms with Gasteiger partial charge in [0.2, 0.25) is 0 Å². The zero-order valence-corrected chi connectivity index (χ0v) is 9.19. The number of nitrogen functional groups attached to an aromatic ring is 5. The summed E-state index contributed by atoms with van der Waals surface area (Å²) in [6.07, 6.45) is 0. The van der Waals surface area contributed by atoms with Crippen molar-refractivity contribution in [3.05, 3.63) is 10.4 Å². The highest BCUT2D eigenvalue weighted by Gasteiger charge is 2.21. The lowest BCUT2D eigenvalue weighted by atomic mass is 10.1. The Hall–Kier alpha value is -2.81. The van der Waals surface area contributed by atoms with E-state index in [1.54, 1.807) is 0 Å². The fourth-order valence-electron chi connectivity index (χ4n) is 1.65. The number of rotatable bonds is 1. The second-order valence-electron chi connectivity index (χ2n) is 3.61. The van der Waals surface area contributed by atoms with Gasteiger partial charge in [0, 0.05) is 0 Å². The molecule has 1 aromatic heterocycles. The van der Waals surface area contributed by atoms with Crippen LogP contribution in [0.15, 0.2) is 9.21 Å². The Morgan fingerprint density at radius 3 is 1.94 bits per heavy atom. The Morgan fingerprint density at radius 1 is 0.833 bits per heavy atom. The van der Waals surface area contributed by atoms with Gasteiger partial charge < -0.3 is 37.9 Å².